The predicted octanol–water partition coefficient (Wildman–Crippen LogP) is -0.141. The number of anilines is 1. The normalized spacial score (nSPS) is 31.8. The molecular weight excluding hydrogens is 306 g/mol. The van der Waals surface area contributed by atoms with Gasteiger partial charge >= 0.3 is 0 Å². The van der Waals surface area contributed by atoms with Gasteiger partial charge in [-0.1, -0.05) is 18.2 Å². The van der Waals surface area contributed by atoms with Crippen molar-refractivity contribution in [1.82, 2.24) is 9.80 Å². The lowest BCUT2D eigenvalue weighted by Gasteiger charge is -2.41. The largest absolute Gasteiger partial charge is 0.394 e. The molecule has 0 bridgehead atoms. The zero-order valence-electron chi connectivity index (χ0n) is 14.6. The molecule has 0 unspecified atom stereocenters. The number of rotatable bonds is 5. The molecule has 0 amide bonds. The Labute approximate surface area is 144 Å². The fourth-order valence-electron chi connectivity index (χ4n) is 3.86. The van der Waals surface area contributed by atoms with Crippen LogP contribution in [0.15, 0.2) is 30.3 Å². The molecule has 0 spiro atoms. The van der Waals surface area contributed by atoms with Gasteiger partial charge in [0.25, 0.3) is 0 Å². The van der Waals surface area contributed by atoms with Crippen LogP contribution in [0, 0.1) is 0 Å². The highest BCUT2D eigenvalue weighted by Gasteiger charge is 2.46. The van der Waals surface area contributed by atoms with Crippen LogP contribution in [-0.2, 0) is 4.74 Å². The Kier molecular flexibility index (Phi) is 5.73. The molecular formula is C18H29N3O3. The first-order valence-corrected chi connectivity index (χ1v) is 8.73. The lowest BCUT2D eigenvalue weighted by Crippen LogP contribution is -2.57. The van der Waals surface area contributed by atoms with E-state index in [0.717, 1.165) is 32.7 Å². The Hall–Kier alpha value is -1.18. The van der Waals surface area contributed by atoms with E-state index < -0.39 is 12.2 Å². The van der Waals surface area contributed by atoms with Crippen molar-refractivity contribution in [2.75, 3.05) is 58.3 Å². The molecule has 2 N–H and O–H groups in total. The molecule has 6 heteroatoms. The van der Waals surface area contributed by atoms with Gasteiger partial charge in [-0.05, 0) is 26.2 Å². The number of ether oxygens (including phenoxy) is 1. The second-order valence-electron chi connectivity index (χ2n) is 7.00. The zero-order chi connectivity index (χ0) is 17.1. The third kappa shape index (κ3) is 3.73. The van der Waals surface area contributed by atoms with Crippen LogP contribution in [0.25, 0.3) is 0 Å². The van der Waals surface area contributed by atoms with Crippen LogP contribution in [-0.4, -0.2) is 97.8 Å². The van der Waals surface area contributed by atoms with Crippen molar-refractivity contribution in [3.05, 3.63) is 30.3 Å². The van der Waals surface area contributed by atoms with Crippen molar-refractivity contribution < 1.29 is 14.9 Å². The quantitative estimate of drug-likeness (QED) is 0.781. The first kappa shape index (κ1) is 17.6. The van der Waals surface area contributed by atoms with Crippen molar-refractivity contribution >= 4 is 5.69 Å². The summed E-state index contributed by atoms with van der Waals surface area (Å²) >= 11 is 0. The van der Waals surface area contributed by atoms with Gasteiger partial charge in [-0.25, -0.2) is 0 Å². The third-order valence-electron chi connectivity index (χ3n) is 5.04. The summed E-state index contributed by atoms with van der Waals surface area (Å²) < 4.78 is 5.91. The van der Waals surface area contributed by atoms with Crippen LogP contribution in [0.5, 0.6) is 0 Å². The number of hydrogen-bond donors (Lipinski definition) is 2. The minimum absolute atomic E-state index is 0.0533. The third-order valence-corrected chi connectivity index (χ3v) is 5.04. The lowest BCUT2D eigenvalue weighted by molar-refractivity contribution is -0.0274. The summed E-state index contributed by atoms with van der Waals surface area (Å²) in [5, 5.41) is 20.1. The van der Waals surface area contributed by atoms with Crippen molar-refractivity contribution in [2.24, 2.45) is 0 Å². The molecule has 4 atom stereocenters. The number of aliphatic hydroxyl groups is 2. The summed E-state index contributed by atoms with van der Waals surface area (Å²) in [4.78, 5) is 6.78. The van der Waals surface area contributed by atoms with E-state index in [4.69, 9.17) is 4.74 Å². The lowest BCUT2D eigenvalue weighted by atomic mass is 10.0. The van der Waals surface area contributed by atoms with E-state index in [0.29, 0.717) is 0 Å². The van der Waals surface area contributed by atoms with Gasteiger partial charge in [0.2, 0.25) is 0 Å². The van der Waals surface area contributed by atoms with Crippen molar-refractivity contribution in [3.63, 3.8) is 0 Å². The zero-order valence-corrected chi connectivity index (χ0v) is 14.6. The average Bonchev–Trinajstić information content (AvgIpc) is 2.90. The van der Waals surface area contributed by atoms with Crippen LogP contribution in [0.4, 0.5) is 5.69 Å². The standard InChI is InChI=1S/C18H29N3O3/c1-19(2)12-15-17(18(23)16(13-22)24-15)21-10-8-20(9-11-21)14-6-4-3-5-7-14/h3-7,15-18,22-23H,8-13H2,1-2H3/t15-,16-,17-,18+/m0/s1. The van der Waals surface area contributed by atoms with Gasteiger partial charge in [-0.15, -0.1) is 0 Å². The van der Waals surface area contributed by atoms with Crippen LogP contribution in [0.2, 0.25) is 0 Å². The van der Waals surface area contributed by atoms with Gasteiger partial charge in [0.15, 0.2) is 0 Å². The van der Waals surface area contributed by atoms with Gasteiger partial charge in [-0.2, -0.15) is 0 Å². The van der Waals surface area contributed by atoms with Gasteiger partial charge in [0, 0.05) is 38.4 Å². The Morgan fingerprint density at radius 1 is 1.08 bits per heavy atom. The molecule has 3 rings (SSSR count). The summed E-state index contributed by atoms with van der Waals surface area (Å²) in [5.74, 6) is 0. The summed E-state index contributed by atoms with van der Waals surface area (Å²) in [5.41, 5.74) is 1.25. The Bertz CT molecular complexity index is 505. The molecule has 0 saturated carbocycles. The number of likely N-dealkylation sites (N-methyl/N-ethyl adjacent to an activating group) is 1. The molecule has 134 valence electrons. The Morgan fingerprint density at radius 3 is 2.33 bits per heavy atom. The van der Waals surface area contributed by atoms with Gasteiger partial charge in [-0.3, -0.25) is 4.90 Å². The Morgan fingerprint density at radius 2 is 1.75 bits per heavy atom. The number of para-hydroxylation sites is 1. The minimum atomic E-state index is -0.636. The van der Waals surface area contributed by atoms with E-state index in [1.54, 1.807) is 0 Å². The summed E-state index contributed by atoms with van der Waals surface area (Å²) in [6.45, 7) is 4.27. The first-order valence-electron chi connectivity index (χ1n) is 8.73. The predicted molar refractivity (Wildman–Crippen MR) is 94.3 cm³/mol. The topological polar surface area (TPSA) is 59.4 Å². The van der Waals surface area contributed by atoms with Crippen molar-refractivity contribution in [1.29, 1.82) is 0 Å². The average molecular weight is 335 g/mol. The maximum atomic E-state index is 10.6. The molecule has 2 saturated heterocycles. The highest BCUT2D eigenvalue weighted by Crippen LogP contribution is 2.28. The number of piperazine rings is 1. The molecule has 1 aromatic rings. The molecule has 0 aromatic heterocycles. The van der Waals surface area contributed by atoms with E-state index in [1.165, 1.54) is 5.69 Å². The first-order chi connectivity index (χ1) is 11.6. The number of benzene rings is 1. The van der Waals surface area contributed by atoms with E-state index in [1.807, 2.05) is 20.2 Å². The fourth-order valence-corrected chi connectivity index (χ4v) is 3.86. The highest BCUT2D eigenvalue weighted by atomic mass is 16.5. The number of hydrogen-bond acceptors (Lipinski definition) is 6. The smallest absolute Gasteiger partial charge is 0.109 e. The molecule has 24 heavy (non-hydrogen) atoms. The molecule has 2 heterocycles. The fraction of sp³-hybridized carbons (Fsp3) is 0.667. The SMILES string of the molecule is CN(C)C[C@@H]1O[C@@H](CO)[C@@H](O)[C@H]1N1CCN(c2ccccc2)CC1. The second-order valence-corrected chi connectivity index (χ2v) is 7.00. The molecule has 0 radical (unpaired) electrons. The van der Waals surface area contributed by atoms with Gasteiger partial charge in [0.05, 0.1) is 18.8 Å². The summed E-state index contributed by atoms with van der Waals surface area (Å²) in [7, 11) is 4.01. The monoisotopic (exact) mass is 335 g/mol. The number of aliphatic hydroxyl groups excluding tert-OH is 2. The van der Waals surface area contributed by atoms with Gasteiger partial charge < -0.3 is 24.7 Å². The van der Waals surface area contributed by atoms with Crippen LogP contribution < -0.4 is 4.90 Å². The molecule has 1 aromatic carbocycles. The maximum absolute atomic E-state index is 10.6. The Balaban J connectivity index is 1.65. The highest BCUT2D eigenvalue weighted by molar-refractivity contribution is 5.46. The summed E-state index contributed by atoms with van der Waals surface area (Å²) in [6, 6.07) is 10.4. The molecule has 0 aliphatic carbocycles. The minimum Gasteiger partial charge on any atom is -0.394 e. The van der Waals surface area contributed by atoms with E-state index in [2.05, 4.69) is 39.0 Å². The van der Waals surface area contributed by atoms with Crippen molar-refractivity contribution in [3.8, 4) is 0 Å². The number of nitrogens with zero attached hydrogens (tertiary/aromatic N) is 3. The van der Waals surface area contributed by atoms with E-state index in [-0.39, 0.29) is 18.8 Å². The van der Waals surface area contributed by atoms with Crippen molar-refractivity contribution in [2.45, 2.75) is 24.4 Å². The van der Waals surface area contributed by atoms with Crippen LogP contribution >= 0.6 is 0 Å². The van der Waals surface area contributed by atoms with E-state index >= 15 is 0 Å². The molecule has 2 fully saturated rings. The summed E-state index contributed by atoms with van der Waals surface area (Å²) in [6.07, 6.45) is -1.19. The van der Waals surface area contributed by atoms with Crippen LogP contribution in [0.1, 0.15) is 0 Å². The van der Waals surface area contributed by atoms with E-state index in [9.17, 15) is 10.2 Å². The second kappa shape index (κ2) is 7.80. The molecule has 2 aliphatic rings. The molecule has 2 aliphatic heterocycles. The maximum Gasteiger partial charge on any atom is 0.109 e. The van der Waals surface area contributed by atoms with Gasteiger partial charge in [0.1, 0.15) is 12.2 Å². The van der Waals surface area contributed by atoms with Crippen LogP contribution in [0.3, 0.4) is 0 Å². The molecule has 6 nitrogen and oxygen atoms in total.